The van der Waals surface area contributed by atoms with Crippen LogP contribution in [0.4, 0.5) is 8.78 Å². The van der Waals surface area contributed by atoms with E-state index in [2.05, 4.69) is 14.9 Å². The highest BCUT2D eigenvalue weighted by Crippen LogP contribution is 2.33. The van der Waals surface area contributed by atoms with E-state index in [1.165, 1.54) is 12.3 Å². The van der Waals surface area contributed by atoms with Gasteiger partial charge in [-0.2, -0.15) is 4.39 Å². The topological polar surface area (TPSA) is 78.0 Å². The van der Waals surface area contributed by atoms with E-state index in [-0.39, 0.29) is 39.9 Å². The number of aromatic nitrogens is 1. The van der Waals surface area contributed by atoms with E-state index < -0.39 is 23.8 Å². The lowest BCUT2D eigenvalue weighted by Crippen LogP contribution is -2.59. The number of nitrogens with zero attached hydrogens (tertiary/aromatic N) is 3. The summed E-state index contributed by atoms with van der Waals surface area (Å²) in [6, 6.07) is 3.68. The van der Waals surface area contributed by atoms with Crippen LogP contribution < -0.4 is 5.56 Å². The van der Waals surface area contributed by atoms with Crippen LogP contribution in [-0.2, 0) is 4.74 Å². The van der Waals surface area contributed by atoms with E-state index >= 15 is 0 Å². The van der Waals surface area contributed by atoms with E-state index in [0.29, 0.717) is 43.4 Å². The summed E-state index contributed by atoms with van der Waals surface area (Å²) < 4.78 is 34.3. The molecule has 0 aliphatic carbocycles. The number of aliphatic imine (C=N–C) groups is 1. The number of allylic oxidation sites excluding steroid dienone is 1. The smallest absolute Gasteiger partial charge is 0.255 e. The van der Waals surface area contributed by atoms with Gasteiger partial charge in [-0.25, -0.2) is 4.39 Å². The maximum absolute atomic E-state index is 14.4. The number of hydrogen-bond donors (Lipinski definition) is 1. The number of halogens is 4. The van der Waals surface area contributed by atoms with Crippen LogP contribution in [-0.4, -0.2) is 72.0 Å². The Kier molecular flexibility index (Phi) is 6.28. The third-order valence-corrected chi connectivity index (χ3v) is 6.96. The lowest BCUT2D eigenvalue weighted by Gasteiger charge is -2.46. The average Bonchev–Trinajstić information content (AvgIpc) is 3.26. The van der Waals surface area contributed by atoms with Crippen LogP contribution in [0.25, 0.3) is 5.57 Å². The summed E-state index contributed by atoms with van der Waals surface area (Å²) in [5.41, 5.74) is 0.382. The maximum Gasteiger partial charge on any atom is 0.255 e. The largest absolute Gasteiger partial charge is 0.370 e. The number of H-pyrrole nitrogens is 1. The fourth-order valence-electron chi connectivity index (χ4n) is 4.59. The number of morpholine rings is 1. The highest BCUT2D eigenvalue weighted by Gasteiger charge is 2.37. The summed E-state index contributed by atoms with van der Waals surface area (Å²) in [5.74, 6) is -1.85. The van der Waals surface area contributed by atoms with Gasteiger partial charge in [0, 0.05) is 49.1 Å². The molecule has 0 radical (unpaired) electrons. The van der Waals surface area contributed by atoms with E-state index in [1.807, 2.05) is 0 Å². The summed E-state index contributed by atoms with van der Waals surface area (Å²) in [6.07, 6.45) is 2.50. The molecule has 2 atom stereocenters. The molecule has 7 nitrogen and oxygen atoms in total. The predicted octanol–water partition coefficient (Wildman–Crippen LogP) is 3.48. The van der Waals surface area contributed by atoms with Crippen LogP contribution in [0, 0.1) is 5.82 Å². The highest BCUT2D eigenvalue weighted by atomic mass is 35.5. The van der Waals surface area contributed by atoms with Gasteiger partial charge in [-0.1, -0.05) is 29.3 Å². The van der Waals surface area contributed by atoms with Gasteiger partial charge in [-0.05, 0) is 18.2 Å². The van der Waals surface area contributed by atoms with Crippen molar-refractivity contribution in [2.45, 2.75) is 12.1 Å². The number of piperazine rings is 1. The third-order valence-electron chi connectivity index (χ3n) is 6.33. The quantitative estimate of drug-likeness (QED) is 0.688. The SMILES string of the molecule is O=C(c1cc(F)cc(C2=CCN=C2F)c1Cl)N1CCN2C[C@@H](c3cc(Cl)c[nH]c3=O)OC[C@@H]2C1. The Bertz CT molecular complexity index is 1280. The minimum atomic E-state index is -0.730. The molecule has 3 aliphatic heterocycles. The van der Waals surface area contributed by atoms with Crippen molar-refractivity contribution in [1.29, 1.82) is 0 Å². The van der Waals surface area contributed by atoms with Crippen molar-refractivity contribution in [2.24, 2.45) is 4.99 Å². The van der Waals surface area contributed by atoms with Crippen molar-refractivity contribution in [3.8, 4) is 0 Å². The summed E-state index contributed by atoms with van der Waals surface area (Å²) >= 11 is 12.5. The molecule has 3 aliphatic rings. The van der Waals surface area contributed by atoms with E-state index in [9.17, 15) is 18.4 Å². The number of hydrogen-bond acceptors (Lipinski definition) is 5. The predicted molar refractivity (Wildman–Crippen MR) is 125 cm³/mol. The molecule has 0 saturated carbocycles. The van der Waals surface area contributed by atoms with Gasteiger partial charge >= 0.3 is 0 Å². The van der Waals surface area contributed by atoms with Crippen molar-refractivity contribution < 1.29 is 18.3 Å². The highest BCUT2D eigenvalue weighted by molar-refractivity contribution is 6.37. The second-order valence-electron chi connectivity index (χ2n) is 8.39. The van der Waals surface area contributed by atoms with E-state index in [0.717, 1.165) is 12.1 Å². The van der Waals surface area contributed by atoms with Crippen molar-refractivity contribution >= 4 is 40.6 Å². The first-order valence-electron chi connectivity index (χ1n) is 10.7. The van der Waals surface area contributed by atoms with Gasteiger partial charge in [0.15, 0.2) is 0 Å². The van der Waals surface area contributed by atoms with Gasteiger partial charge < -0.3 is 14.6 Å². The standard InChI is InChI=1S/C23H20Cl2F2N4O3/c24-12-5-17(22(32)29-8-12)19-10-30-3-4-31(9-14(30)11-34-19)23(33)18-7-13(26)6-16(20(18)25)15-1-2-28-21(15)27/h1,5-8,14,19H,2-4,9-11H2,(H,29,32)/t14-,19-/m0/s1. The molecular formula is C23H20Cl2F2N4O3. The molecule has 178 valence electrons. The zero-order chi connectivity index (χ0) is 24.0. The Morgan fingerprint density at radius 2 is 2.00 bits per heavy atom. The van der Waals surface area contributed by atoms with Gasteiger partial charge in [-0.15, -0.1) is 0 Å². The van der Waals surface area contributed by atoms with Crippen molar-refractivity contribution in [1.82, 2.24) is 14.8 Å². The van der Waals surface area contributed by atoms with Gasteiger partial charge in [0.05, 0.1) is 34.8 Å². The lowest BCUT2D eigenvalue weighted by atomic mass is 10.0. The maximum atomic E-state index is 14.4. The van der Waals surface area contributed by atoms with Crippen molar-refractivity contribution in [2.75, 3.05) is 39.3 Å². The first kappa shape index (κ1) is 23.2. The molecule has 2 fully saturated rings. The Balaban J connectivity index is 1.32. The molecular weight excluding hydrogens is 489 g/mol. The van der Waals surface area contributed by atoms with Gasteiger partial charge in [-0.3, -0.25) is 19.5 Å². The number of carbonyl (C=O) groups excluding carboxylic acids is 1. The molecule has 1 aromatic carbocycles. The monoisotopic (exact) mass is 508 g/mol. The average molecular weight is 509 g/mol. The van der Waals surface area contributed by atoms with Crippen molar-refractivity contribution in [3.63, 3.8) is 0 Å². The zero-order valence-corrected chi connectivity index (χ0v) is 19.4. The normalized spacial score (nSPS) is 22.9. The number of fused-ring (bicyclic) bond motifs is 1. The lowest BCUT2D eigenvalue weighted by molar-refractivity contribution is -0.0862. The second-order valence-corrected chi connectivity index (χ2v) is 9.20. The molecule has 0 unspecified atom stereocenters. The number of ether oxygens (including phenoxy) is 1. The molecule has 1 amide bonds. The number of amides is 1. The summed E-state index contributed by atoms with van der Waals surface area (Å²) in [4.78, 5) is 35.5. The van der Waals surface area contributed by atoms with Gasteiger partial charge in [0.2, 0.25) is 5.97 Å². The second kappa shape index (κ2) is 9.22. The Morgan fingerprint density at radius 1 is 1.18 bits per heavy atom. The Hall–Kier alpha value is -2.59. The molecule has 11 heteroatoms. The third kappa shape index (κ3) is 4.29. The first-order valence-corrected chi connectivity index (χ1v) is 11.5. The van der Waals surface area contributed by atoms with Crippen LogP contribution in [0.5, 0.6) is 0 Å². The number of pyridine rings is 1. The van der Waals surface area contributed by atoms with Crippen LogP contribution in [0.2, 0.25) is 10.0 Å². The van der Waals surface area contributed by atoms with E-state index in [1.54, 1.807) is 11.0 Å². The van der Waals surface area contributed by atoms with Crippen LogP contribution in [0.15, 0.2) is 40.3 Å². The van der Waals surface area contributed by atoms with Gasteiger partial charge in [0.1, 0.15) is 11.9 Å². The Morgan fingerprint density at radius 3 is 2.76 bits per heavy atom. The summed E-state index contributed by atoms with van der Waals surface area (Å²) in [6.45, 7) is 2.20. The molecule has 5 rings (SSSR count). The van der Waals surface area contributed by atoms with Gasteiger partial charge in [0.25, 0.3) is 11.5 Å². The number of rotatable bonds is 3. The Labute approximate surface area is 203 Å². The fourth-order valence-corrected chi connectivity index (χ4v) is 5.05. The number of nitrogens with one attached hydrogen (secondary N) is 1. The molecule has 0 spiro atoms. The van der Waals surface area contributed by atoms with Crippen LogP contribution in [0.3, 0.4) is 0 Å². The van der Waals surface area contributed by atoms with Crippen LogP contribution in [0.1, 0.15) is 27.6 Å². The minimum absolute atomic E-state index is 0.00697. The molecule has 1 aromatic heterocycles. The van der Waals surface area contributed by atoms with Crippen LogP contribution >= 0.6 is 23.2 Å². The zero-order valence-electron chi connectivity index (χ0n) is 17.9. The number of carbonyl (C=O) groups is 1. The molecule has 2 saturated heterocycles. The number of aromatic amines is 1. The molecule has 0 bridgehead atoms. The van der Waals surface area contributed by atoms with E-state index in [4.69, 9.17) is 27.9 Å². The first-order chi connectivity index (χ1) is 16.3. The molecule has 4 heterocycles. The summed E-state index contributed by atoms with van der Waals surface area (Å²) in [7, 11) is 0. The number of benzene rings is 1. The minimum Gasteiger partial charge on any atom is -0.370 e. The molecule has 2 aromatic rings. The molecule has 34 heavy (non-hydrogen) atoms. The van der Waals surface area contributed by atoms with Crippen molar-refractivity contribution in [3.05, 3.63) is 73.4 Å². The fraction of sp³-hybridized carbons (Fsp3) is 0.348. The molecule has 1 N–H and O–H groups in total. The summed E-state index contributed by atoms with van der Waals surface area (Å²) in [5, 5.41) is 0.411.